The van der Waals surface area contributed by atoms with Gasteiger partial charge in [0.1, 0.15) is 5.69 Å². The van der Waals surface area contributed by atoms with Crippen LogP contribution in [0.25, 0.3) is 0 Å². The second-order valence-electron chi connectivity index (χ2n) is 4.91. The molecule has 0 bridgehead atoms. The molecule has 18 heavy (non-hydrogen) atoms. The number of benzene rings is 1. The SMILES string of the molecule is CCC1CCN(Cc2cccc([N+](=O)[O-])c2N)C1. The summed E-state index contributed by atoms with van der Waals surface area (Å²) in [7, 11) is 0. The van der Waals surface area contributed by atoms with Crippen LogP contribution in [0.5, 0.6) is 0 Å². The number of rotatable bonds is 4. The van der Waals surface area contributed by atoms with Crippen LogP contribution in [0, 0.1) is 16.0 Å². The van der Waals surface area contributed by atoms with E-state index in [2.05, 4.69) is 11.8 Å². The Morgan fingerprint density at radius 3 is 2.94 bits per heavy atom. The lowest BCUT2D eigenvalue weighted by molar-refractivity contribution is -0.384. The fraction of sp³-hybridized carbons (Fsp3) is 0.538. The van der Waals surface area contributed by atoms with E-state index in [9.17, 15) is 10.1 Å². The number of nitrogen functional groups attached to an aromatic ring is 1. The van der Waals surface area contributed by atoms with E-state index in [0.29, 0.717) is 12.2 Å². The number of likely N-dealkylation sites (tertiary alicyclic amines) is 1. The number of hydrogen-bond donors (Lipinski definition) is 1. The Hall–Kier alpha value is -1.62. The Kier molecular flexibility index (Phi) is 3.81. The van der Waals surface area contributed by atoms with Crippen LogP contribution < -0.4 is 5.73 Å². The number of nitro groups is 1. The maximum absolute atomic E-state index is 10.8. The summed E-state index contributed by atoms with van der Waals surface area (Å²) in [6.07, 6.45) is 2.41. The van der Waals surface area contributed by atoms with Crippen molar-refractivity contribution < 1.29 is 4.92 Å². The van der Waals surface area contributed by atoms with Crippen LogP contribution in [0.4, 0.5) is 11.4 Å². The van der Waals surface area contributed by atoms with E-state index in [4.69, 9.17) is 5.73 Å². The van der Waals surface area contributed by atoms with Crippen molar-refractivity contribution >= 4 is 11.4 Å². The number of hydrogen-bond acceptors (Lipinski definition) is 4. The molecule has 1 aliphatic heterocycles. The lowest BCUT2D eigenvalue weighted by atomic mass is 10.1. The first-order valence-corrected chi connectivity index (χ1v) is 6.36. The largest absolute Gasteiger partial charge is 0.393 e. The second-order valence-corrected chi connectivity index (χ2v) is 4.91. The number of nitrogens with zero attached hydrogens (tertiary/aromatic N) is 2. The maximum atomic E-state index is 10.8. The smallest absolute Gasteiger partial charge is 0.292 e. The molecule has 1 aliphatic rings. The highest BCUT2D eigenvalue weighted by Crippen LogP contribution is 2.28. The first kappa shape index (κ1) is 12.8. The van der Waals surface area contributed by atoms with E-state index in [1.165, 1.54) is 18.9 Å². The first-order chi connectivity index (χ1) is 8.61. The van der Waals surface area contributed by atoms with Crippen molar-refractivity contribution in [2.75, 3.05) is 18.8 Å². The molecule has 0 spiro atoms. The van der Waals surface area contributed by atoms with Crippen LogP contribution in [-0.4, -0.2) is 22.9 Å². The molecule has 1 aromatic carbocycles. The molecule has 0 radical (unpaired) electrons. The van der Waals surface area contributed by atoms with Gasteiger partial charge in [0.05, 0.1) is 4.92 Å². The van der Waals surface area contributed by atoms with Gasteiger partial charge in [-0.2, -0.15) is 0 Å². The van der Waals surface area contributed by atoms with Crippen LogP contribution in [0.1, 0.15) is 25.3 Å². The molecule has 2 N–H and O–H groups in total. The van der Waals surface area contributed by atoms with Gasteiger partial charge >= 0.3 is 0 Å². The molecule has 1 saturated heterocycles. The van der Waals surface area contributed by atoms with Gasteiger partial charge in [-0.3, -0.25) is 15.0 Å². The molecule has 1 aromatic rings. The van der Waals surface area contributed by atoms with Crippen LogP contribution in [0.2, 0.25) is 0 Å². The lowest BCUT2D eigenvalue weighted by Crippen LogP contribution is -2.20. The molecule has 0 amide bonds. The van der Waals surface area contributed by atoms with E-state index in [1.54, 1.807) is 6.07 Å². The normalized spacial score (nSPS) is 20.2. The number of nitrogens with two attached hydrogens (primary N) is 1. The predicted octanol–water partition coefficient (Wildman–Crippen LogP) is 2.41. The highest BCUT2D eigenvalue weighted by Gasteiger charge is 2.22. The van der Waals surface area contributed by atoms with Crippen molar-refractivity contribution in [2.24, 2.45) is 5.92 Å². The van der Waals surface area contributed by atoms with Crippen molar-refractivity contribution in [3.63, 3.8) is 0 Å². The molecule has 5 nitrogen and oxygen atoms in total. The molecule has 98 valence electrons. The van der Waals surface area contributed by atoms with Gasteiger partial charge < -0.3 is 5.73 Å². The molecule has 1 fully saturated rings. The van der Waals surface area contributed by atoms with Crippen LogP contribution in [-0.2, 0) is 6.54 Å². The van der Waals surface area contributed by atoms with E-state index >= 15 is 0 Å². The van der Waals surface area contributed by atoms with Crippen molar-refractivity contribution in [2.45, 2.75) is 26.3 Å². The third kappa shape index (κ3) is 2.61. The average molecular weight is 249 g/mol. The van der Waals surface area contributed by atoms with Gasteiger partial charge in [-0.25, -0.2) is 0 Å². The fourth-order valence-corrected chi connectivity index (χ4v) is 2.53. The number of nitro benzene ring substituents is 1. The highest BCUT2D eigenvalue weighted by molar-refractivity contribution is 5.62. The van der Waals surface area contributed by atoms with Gasteiger partial charge in [-0.15, -0.1) is 0 Å². The summed E-state index contributed by atoms with van der Waals surface area (Å²) >= 11 is 0. The topological polar surface area (TPSA) is 72.4 Å². The summed E-state index contributed by atoms with van der Waals surface area (Å²) in [6, 6.07) is 5.04. The summed E-state index contributed by atoms with van der Waals surface area (Å²) in [6.45, 7) is 5.04. The Bertz CT molecular complexity index is 448. The summed E-state index contributed by atoms with van der Waals surface area (Å²) in [4.78, 5) is 12.7. The van der Waals surface area contributed by atoms with Gasteiger partial charge in [-0.1, -0.05) is 25.5 Å². The molecule has 0 aromatic heterocycles. The maximum Gasteiger partial charge on any atom is 0.292 e. The quantitative estimate of drug-likeness (QED) is 0.505. The number of para-hydroxylation sites is 1. The van der Waals surface area contributed by atoms with Gasteiger partial charge in [0.15, 0.2) is 0 Å². The molecule has 5 heteroatoms. The van der Waals surface area contributed by atoms with Crippen molar-refractivity contribution in [3.8, 4) is 0 Å². The second kappa shape index (κ2) is 5.35. The molecule has 0 aliphatic carbocycles. The zero-order chi connectivity index (χ0) is 13.1. The molecule has 2 rings (SSSR count). The number of anilines is 1. The van der Waals surface area contributed by atoms with Gasteiger partial charge in [0.25, 0.3) is 5.69 Å². The van der Waals surface area contributed by atoms with Crippen molar-refractivity contribution in [1.82, 2.24) is 4.90 Å². The average Bonchev–Trinajstić information content (AvgIpc) is 2.79. The Morgan fingerprint density at radius 2 is 2.33 bits per heavy atom. The standard InChI is InChI=1S/C13H19N3O2/c1-2-10-6-7-15(8-10)9-11-4-3-5-12(13(11)14)16(17)18/h3-5,10H,2,6-9,14H2,1H3. The van der Waals surface area contributed by atoms with E-state index < -0.39 is 4.92 Å². The third-order valence-corrected chi connectivity index (χ3v) is 3.71. The van der Waals surface area contributed by atoms with Crippen LogP contribution in [0.15, 0.2) is 18.2 Å². The summed E-state index contributed by atoms with van der Waals surface area (Å²) in [5.74, 6) is 0.755. The molecule has 1 heterocycles. The summed E-state index contributed by atoms with van der Waals surface area (Å²) in [5.41, 5.74) is 7.04. The lowest BCUT2D eigenvalue weighted by Gasteiger charge is -2.16. The zero-order valence-corrected chi connectivity index (χ0v) is 10.6. The molecule has 1 atom stereocenters. The molecule has 0 saturated carbocycles. The minimum atomic E-state index is -0.419. The fourth-order valence-electron chi connectivity index (χ4n) is 2.53. The van der Waals surface area contributed by atoms with Gasteiger partial charge in [0, 0.05) is 19.2 Å². The molecule has 1 unspecified atom stereocenters. The van der Waals surface area contributed by atoms with E-state index in [1.807, 2.05) is 6.07 Å². The van der Waals surface area contributed by atoms with Gasteiger partial charge in [-0.05, 0) is 24.4 Å². The Morgan fingerprint density at radius 1 is 1.56 bits per heavy atom. The Labute approximate surface area is 107 Å². The first-order valence-electron chi connectivity index (χ1n) is 6.36. The third-order valence-electron chi connectivity index (χ3n) is 3.71. The van der Waals surface area contributed by atoms with E-state index in [0.717, 1.165) is 24.6 Å². The van der Waals surface area contributed by atoms with E-state index in [-0.39, 0.29) is 5.69 Å². The Balaban J connectivity index is 2.10. The van der Waals surface area contributed by atoms with Crippen molar-refractivity contribution in [3.05, 3.63) is 33.9 Å². The summed E-state index contributed by atoms with van der Waals surface area (Å²) < 4.78 is 0. The monoisotopic (exact) mass is 249 g/mol. The minimum Gasteiger partial charge on any atom is -0.393 e. The predicted molar refractivity (Wildman–Crippen MR) is 71.2 cm³/mol. The molecular formula is C13H19N3O2. The molecular weight excluding hydrogens is 230 g/mol. The van der Waals surface area contributed by atoms with Gasteiger partial charge in [0.2, 0.25) is 0 Å². The van der Waals surface area contributed by atoms with Crippen LogP contribution >= 0.6 is 0 Å². The van der Waals surface area contributed by atoms with Crippen molar-refractivity contribution in [1.29, 1.82) is 0 Å². The summed E-state index contributed by atoms with van der Waals surface area (Å²) in [5, 5.41) is 10.8. The minimum absolute atomic E-state index is 0.0127. The highest BCUT2D eigenvalue weighted by atomic mass is 16.6. The van der Waals surface area contributed by atoms with Crippen LogP contribution in [0.3, 0.4) is 0 Å². The zero-order valence-electron chi connectivity index (χ0n) is 10.6.